The number of morpholine rings is 1. The summed E-state index contributed by atoms with van der Waals surface area (Å²) < 4.78 is 6.19. The predicted octanol–water partition coefficient (Wildman–Crippen LogP) is 2.04. The van der Waals surface area contributed by atoms with Gasteiger partial charge in [-0.3, -0.25) is 9.88 Å². The van der Waals surface area contributed by atoms with Crippen molar-refractivity contribution in [2.24, 2.45) is 0 Å². The molecule has 2 aliphatic rings. The van der Waals surface area contributed by atoms with Gasteiger partial charge in [-0.25, -0.2) is 4.79 Å². The van der Waals surface area contributed by atoms with Crippen molar-refractivity contribution in [1.29, 1.82) is 5.26 Å². The van der Waals surface area contributed by atoms with Gasteiger partial charge in [-0.15, -0.1) is 0 Å². The van der Waals surface area contributed by atoms with E-state index < -0.39 is 6.09 Å². The number of nitrogens with one attached hydrogen (secondary N) is 1. The van der Waals surface area contributed by atoms with Crippen molar-refractivity contribution >= 4 is 22.7 Å². The van der Waals surface area contributed by atoms with E-state index in [1.165, 1.54) is 0 Å². The minimum absolute atomic E-state index is 0.0156. The third-order valence-electron chi connectivity index (χ3n) is 5.60. The third-order valence-corrected chi connectivity index (χ3v) is 5.60. The minimum Gasteiger partial charge on any atom is -0.465 e. The molecule has 29 heavy (non-hydrogen) atoms. The number of rotatable bonds is 4. The summed E-state index contributed by atoms with van der Waals surface area (Å²) in [4.78, 5) is 19.9. The highest BCUT2D eigenvalue weighted by atomic mass is 16.5. The van der Waals surface area contributed by atoms with Crippen molar-refractivity contribution in [3.8, 4) is 6.07 Å². The van der Waals surface area contributed by atoms with Crippen LogP contribution < -0.4 is 10.2 Å². The van der Waals surface area contributed by atoms with E-state index >= 15 is 0 Å². The van der Waals surface area contributed by atoms with Crippen molar-refractivity contribution in [3.05, 3.63) is 36.0 Å². The maximum Gasteiger partial charge on any atom is 0.404 e. The summed E-state index contributed by atoms with van der Waals surface area (Å²) in [7, 11) is 0. The number of amides is 1. The van der Waals surface area contributed by atoms with Crippen molar-refractivity contribution < 1.29 is 14.6 Å². The predicted molar refractivity (Wildman–Crippen MR) is 109 cm³/mol. The number of carboxylic acid groups (broad SMARTS) is 1. The molecule has 3 heterocycles. The first-order valence-corrected chi connectivity index (χ1v) is 9.93. The average molecular weight is 395 g/mol. The van der Waals surface area contributed by atoms with E-state index in [4.69, 9.17) is 9.84 Å². The lowest BCUT2D eigenvalue weighted by atomic mass is 10.1. The van der Waals surface area contributed by atoms with Crippen LogP contribution in [0.5, 0.6) is 0 Å². The van der Waals surface area contributed by atoms with Gasteiger partial charge in [0.1, 0.15) is 6.07 Å². The van der Waals surface area contributed by atoms with Gasteiger partial charge in [0.2, 0.25) is 0 Å². The number of likely N-dealkylation sites (tertiary alicyclic amines) is 1. The third kappa shape index (κ3) is 4.26. The van der Waals surface area contributed by atoms with Crippen LogP contribution in [-0.4, -0.2) is 72.1 Å². The molecule has 2 fully saturated rings. The summed E-state index contributed by atoms with van der Waals surface area (Å²) in [6.07, 6.45) is 1.68. The molecule has 8 nitrogen and oxygen atoms in total. The van der Waals surface area contributed by atoms with Crippen LogP contribution in [0.4, 0.5) is 10.5 Å². The molecule has 0 saturated carbocycles. The van der Waals surface area contributed by atoms with Crippen molar-refractivity contribution in [2.45, 2.75) is 31.6 Å². The van der Waals surface area contributed by atoms with Crippen LogP contribution in [0, 0.1) is 11.3 Å². The van der Waals surface area contributed by atoms with Crippen molar-refractivity contribution in [1.82, 2.24) is 15.2 Å². The molecule has 0 spiro atoms. The number of carbonyl (C=O) groups is 1. The number of ether oxygens (including phenoxy) is 1. The van der Waals surface area contributed by atoms with E-state index in [2.05, 4.69) is 33.1 Å². The van der Waals surface area contributed by atoms with Gasteiger partial charge in [0, 0.05) is 56.0 Å². The van der Waals surface area contributed by atoms with Crippen LogP contribution in [0.1, 0.15) is 18.9 Å². The molecule has 1 aromatic heterocycles. The minimum atomic E-state index is -0.966. The van der Waals surface area contributed by atoms with Crippen LogP contribution >= 0.6 is 0 Å². The molecule has 2 N–H and O–H groups in total. The summed E-state index contributed by atoms with van der Waals surface area (Å²) >= 11 is 0. The molecule has 2 aliphatic heterocycles. The Morgan fingerprint density at radius 3 is 3.03 bits per heavy atom. The zero-order valence-corrected chi connectivity index (χ0v) is 16.4. The Labute approximate surface area is 169 Å². The largest absolute Gasteiger partial charge is 0.465 e. The van der Waals surface area contributed by atoms with Gasteiger partial charge in [0.15, 0.2) is 0 Å². The first-order chi connectivity index (χ1) is 14.0. The van der Waals surface area contributed by atoms with Gasteiger partial charge in [0.25, 0.3) is 0 Å². The Kier molecular flexibility index (Phi) is 5.51. The fourth-order valence-corrected chi connectivity index (χ4v) is 4.45. The second-order valence-electron chi connectivity index (χ2n) is 7.81. The summed E-state index contributed by atoms with van der Waals surface area (Å²) in [5, 5.41) is 21.9. The summed E-state index contributed by atoms with van der Waals surface area (Å²) in [5.74, 6) is 0. The number of pyridine rings is 1. The molecule has 2 aromatic rings. The first-order valence-electron chi connectivity index (χ1n) is 9.93. The van der Waals surface area contributed by atoms with Gasteiger partial charge < -0.3 is 20.1 Å². The van der Waals surface area contributed by atoms with E-state index in [1.807, 2.05) is 24.3 Å². The monoisotopic (exact) mass is 395 g/mol. The van der Waals surface area contributed by atoms with Gasteiger partial charge in [0.05, 0.1) is 23.3 Å². The molecule has 152 valence electrons. The standard InChI is InChI=1S/C21H25N5O3/c1-14-10-26(19-5-4-15(9-22)20-18(19)3-2-7-23-20)13-17(29-14)12-25-8-6-16(11-25)24-21(27)28/h2-5,7,14,16-17,24H,6,8,10-13H2,1H3,(H,27,28)/t14-,16?,17+/m1/s1. The van der Waals surface area contributed by atoms with Gasteiger partial charge >= 0.3 is 6.09 Å². The molecule has 0 radical (unpaired) electrons. The number of benzene rings is 1. The Morgan fingerprint density at radius 2 is 2.24 bits per heavy atom. The SMILES string of the molecule is C[C@@H]1CN(c2ccc(C#N)c3ncccc23)C[C@H](CN2CCC(NC(=O)O)C2)O1. The highest BCUT2D eigenvalue weighted by Gasteiger charge is 2.31. The van der Waals surface area contributed by atoms with Crippen LogP contribution in [-0.2, 0) is 4.74 Å². The van der Waals surface area contributed by atoms with E-state index in [0.29, 0.717) is 12.1 Å². The Morgan fingerprint density at radius 1 is 1.38 bits per heavy atom. The normalized spacial score (nSPS) is 25.1. The van der Waals surface area contributed by atoms with E-state index in [9.17, 15) is 10.1 Å². The topological polar surface area (TPSA) is 102 Å². The first kappa shape index (κ1) is 19.4. The molecule has 8 heteroatoms. The maximum absolute atomic E-state index is 10.9. The fraction of sp³-hybridized carbons (Fsp3) is 0.476. The summed E-state index contributed by atoms with van der Waals surface area (Å²) in [6, 6.07) is 9.95. The number of nitrogens with zero attached hydrogens (tertiary/aromatic N) is 4. The summed E-state index contributed by atoms with van der Waals surface area (Å²) in [5.41, 5.74) is 2.38. The Bertz CT molecular complexity index is 944. The maximum atomic E-state index is 10.9. The second-order valence-corrected chi connectivity index (χ2v) is 7.81. The smallest absolute Gasteiger partial charge is 0.404 e. The van der Waals surface area contributed by atoms with Crippen LogP contribution in [0.2, 0.25) is 0 Å². The van der Waals surface area contributed by atoms with E-state index in [0.717, 1.165) is 49.2 Å². The molecule has 2 saturated heterocycles. The van der Waals surface area contributed by atoms with E-state index in [-0.39, 0.29) is 18.2 Å². The second kappa shape index (κ2) is 8.23. The number of hydrogen-bond donors (Lipinski definition) is 2. The zero-order valence-electron chi connectivity index (χ0n) is 16.4. The van der Waals surface area contributed by atoms with Crippen LogP contribution in [0.25, 0.3) is 10.9 Å². The molecule has 4 rings (SSSR count). The Balaban J connectivity index is 1.50. The molecule has 1 aromatic carbocycles. The quantitative estimate of drug-likeness (QED) is 0.817. The molecular weight excluding hydrogens is 370 g/mol. The lowest BCUT2D eigenvalue weighted by Gasteiger charge is -2.40. The lowest BCUT2D eigenvalue weighted by Crippen LogP contribution is -2.51. The van der Waals surface area contributed by atoms with Gasteiger partial charge in [-0.05, 0) is 37.6 Å². The number of aromatic nitrogens is 1. The number of hydrogen-bond acceptors (Lipinski definition) is 6. The highest BCUT2D eigenvalue weighted by Crippen LogP contribution is 2.30. The average Bonchev–Trinajstić information content (AvgIpc) is 3.12. The van der Waals surface area contributed by atoms with Crippen molar-refractivity contribution in [2.75, 3.05) is 37.6 Å². The Hall–Kier alpha value is -2.89. The number of nitriles is 1. The van der Waals surface area contributed by atoms with Crippen LogP contribution in [0.15, 0.2) is 30.5 Å². The summed E-state index contributed by atoms with van der Waals surface area (Å²) in [6.45, 7) is 5.93. The fourth-order valence-electron chi connectivity index (χ4n) is 4.45. The molecule has 0 bridgehead atoms. The molecule has 0 aliphatic carbocycles. The number of anilines is 1. The number of fused-ring (bicyclic) bond motifs is 1. The van der Waals surface area contributed by atoms with E-state index in [1.54, 1.807) is 6.20 Å². The zero-order chi connectivity index (χ0) is 20.4. The molecular formula is C21H25N5O3. The van der Waals surface area contributed by atoms with Gasteiger partial charge in [-0.2, -0.15) is 5.26 Å². The van der Waals surface area contributed by atoms with Gasteiger partial charge in [-0.1, -0.05) is 0 Å². The lowest BCUT2D eigenvalue weighted by molar-refractivity contribution is -0.0295. The van der Waals surface area contributed by atoms with Crippen LogP contribution in [0.3, 0.4) is 0 Å². The molecule has 3 atom stereocenters. The highest BCUT2D eigenvalue weighted by molar-refractivity contribution is 5.95. The molecule has 1 amide bonds. The molecule has 1 unspecified atom stereocenters. The van der Waals surface area contributed by atoms with Crippen molar-refractivity contribution in [3.63, 3.8) is 0 Å².